The normalized spacial score (nSPS) is 18.1. The smallest absolute Gasteiger partial charge is 0.177 e. The summed E-state index contributed by atoms with van der Waals surface area (Å²) in [6.45, 7) is 7.73. The maximum absolute atomic E-state index is 5.40. The first-order valence-electron chi connectivity index (χ1n) is 6.66. The zero-order valence-electron chi connectivity index (χ0n) is 11.3. The minimum absolute atomic E-state index is 0.301. The molecule has 0 bridgehead atoms. The second-order valence-electron chi connectivity index (χ2n) is 4.03. The van der Waals surface area contributed by atoms with Gasteiger partial charge in [0.05, 0.1) is 24.5 Å². The molecule has 5 nitrogen and oxygen atoms in total. The molecule has 3 rings (SSSR count). The Morgan fingerprint density at radius 2 is 2.17 bits per heavy atom. The van der Waals surface area contributed by atoms with E-state index in [1.54, 1.807) is 6.20 Å². The zero-order valence-corrected chi connectivity index (χ0v) is 11.3. The molecule has 0 saturated carbocycles. The van der Waals surface area contributed by atoms with E-state index in [0.717, 1.165) is 42.9 Å². The Labute approximate surface area is 107 Å². The lowest BCUT2D eigenvalue weighted by Gasteiger charge is -2.26. The highest BCUT2D eigenvalue weighted by Crippen LogP contribution is 2.16. The second kappa shape index (κ2) is 5.91. The molecule has 0 aromatic carbocycles. The van der Waals surface area contributed by atoms with Crippen LogP contribution in [0.2, 0.25) is 0 Å². The van der Waals surface area contributed by atoms with Gasteiger partial charge in [-0.05, 0) is 12.8 Å². The van der Waals surface area contributed by atoms with Crippen molar-refractivity contribution < 1.29 is 4.74 Å². The summed E-state index contributed by atoms with van der Waals surface area (Å²) in [7, 11) is 0. The number of hydrogen-bond acceptors (Lipinski definition) is 4. The monoisotopic (exact) mass is 248 g/mol. The molecule has 1 saturated heterocycles. The van der Waals surface area contributed by atoms with Crippen molar-refractivity contribution in [3.05, 3.63) is 18.1 Å². The third kappa shape index (κ3) is 2.51. The minimum atomic E-state index is 0.301. The molecule has 2 aromatic rings. The van der Waals surface area contributed by atoms with Crippen LogP contribution in [-0.2, 0) is 17.7 Å². The summed E-state index contributed by atoms with van der Waals surface area (Å²) in [6.07, 6.45) is 5.89. The van der Waals surface area contributed by atoms with Crippen LogP contribution in [0.4, 0.5) is 0 Å². The molecule has 0 amide bonds. The molecule has 2 aromatic heterocycles. The minimum Gasteiger partial charge on any atom is -0.376 e. The van der Waals surface area contributed by atoms with Gasteiger partial charge >= 0.3 is 0 Å². The highest BCUT2D eigenvalue weighted by molar-refractivity contribution is 5.69. The first-order valence-corrected chi connectivity index (χ1v) is 6.66. The van der Waals surface area contributed by atoms with Crippen LogP contribution in [0.5, 0.6) is 0 Å². The maximum atomic E-state index is 5.40. The van der Waals surface area contributed by atoms with Crippen LogP contribution in [0.15, 0.2) is 12.4 Å². The number of aromatic nitrogens is 4. The molecule has 1 fully saturated rings. The standard InChI is InChI=1S/C11H14N4O.C2H6/c1-2-8-5-12-10-6-13-15(11(10)14-8)7-9-3-4-16-9;1-2/h5-6,9H,2-4,7H2,1H3;1-2H3. The average Bonchev–Trinajstić information content (AvgIpc) is 2.78. The van der Waals surface area contributed by atoms with Gasteiger partial charge in [-0.2, -0.15) is 5.10 Å². The Bertz CT molecular complexity index is 505. The van der Waals surface area contributed by atoms with Gasteiger partial charge in [0.15, 0.2) is 5.65 Å². The van der Waals surface area contributed by atoms with E-state index in [-0.39, 0.29) is 0 Å². The summed E-state index contributed by atoms with van der Waals surface area (Å²) in [5.74, 6) is 0. The summed E-state index contributed by atoms with van der Waals surface area (Å²) in [4.78, 5) is 8.88. The Morgan fingerprint density at radius 1 is 1.39 bits per heavy atom. The predicted molar refractivity (Wildman–Crippen MR) is 70.4 cm³/mol. The van der Waals surface area contributed by atoms with Crippen molar-refractivity contribution >= 4 is 11.2 Å². The number of ether oxygens (including phenoxy) is 1. The van der Waals surface area contributed by atoms with Crippen molar-refractivity contribution in [2.45, 2.75) is 46.3 Å². The van der Waals surface area contributed by atoms with Crippen LogP contribution >= 0.6 is 0 Å². The van der Waals surface area contributed by atoms with E-state index < -0.39 is 0 Å². The van der Waals surface area contributed by atoms with Gasteiger partial charge in [0.1, 0.15) is 5.52 Å². The van der Waals surface area contributed by atoms with Gasteiger partial charge in [-0.15, -0.1) is 0 Å². The number of hydrogen-bond donors (Lipinski definition) is 0. The van der Waals surface area contributed by atoms with E-state index in [1.807, 2.05) is 24.7 Å². The first-order chi connectivity index (χ1) is 8.86. The molecule has 0 radical (unpaired) electrons. The van der Waals surface area contributed by atoms with Crippen molar-refractivity contribution in [1.82, 2.24) is 19.7 Å². The molecule has 1 unspecified atom stereocenters. The summed E-state index contributed by atoms with van der Waals surface area (Å²) >= 11 is 0. The SMILES string of the molecule is CC.CCc1cnc2cnn(CC3CCO3)c2n1. The van der Waals surface area contributed by atoms with Crippen molar-refractivity contribution in [2.24, 2.45) is 0 Å². The van der Waals surface area contributed by atoms with E-state index in [4.69, 9.17) is 4.74 Å². The lowest BCUT2D eigenvalue weighted by Crippen LogP contribution is -2.31. The maximum Gasteiger partial charge on any atom is 0.177 e. The Balaban J connectivity index is 0.000000574. The first kappa shape index (κ1) is 13.0. The molecule has 98 valence electrons. The number of nitrogens with zero attached hydrogens (tertiary/aromatic N) is 4. The van der Waals surface area contributed by atoms with Crippen molar-refractivity contribution in [2.75, 3.05) is 6.61 Å². The van der Waals surface area contributed by atoms with E-state index in [1.165, 1.54) is 0 Å². The van der Waals surface area contributed by atoms with Crippen LogP contribution in [0.25, 0.3) is 11.2 Å². The molecule has 18 heavy (non-hydrogen) atoms. The van der Waals surface area contributed by atoms with Gasteiger partial charge in [0, 0.05) is 12.8 Å². The summed E-state index contributed by atoms with van der Waals surface area (Å²) in [6, 6.07) is 0. The number of aryl methyl sites for hydroxylation is 1. The lowest BCUT2D eigenvalue weighted by molar-refractivity contribution is -0.0603. The van der Waals surface area contributed by atoms with Crippen LogP contribution in [0.3, 0.4) is 0 Å². The fourth-order valence-electron chi connectivity index (χ4n) is 1.81. The summed E-state index contributed by atoms with van der Waals surface area (Å²) in [5, 5.41) is 4.30. The fraction of sp³-hybridized carbons (Fsp3) is 0.615. The van der Waals surface area contributed by atoms with Gasteiger partial charge in [-0.3, -0.25) is 0 Å². The second-order valence-corrected chi connectivity index (χ2v) is 4.03. The van der Waals surface area contributed by atoms with Crippen LogP contribution in [0.1, 0.15) is 32.9 Å². The molecule has 3 heterocycles. The van der Waals surface area contributed by atoms with Crippen molar-refractivity contribution in [3.63, 3.8) is 0 Å². The fourth-order valence-corrected chi connectivity index (χ4v) is 1.81. The van der Waals surface area contributed by atoms with Crippen molar-refractivity contribution in [3.8, 4) is 0 Å². The molecule has 1 aliphatic heterocycles. The van der Waals surface area contributed by atoms with Gasteiger partial charge < -0.3 is 4.74 Å². The van der Waals surface area contributed by atoms with E-state index in [2.05, 4.69) is 22.0 Å². The van der Waals surface area contributed by atoms with Gasteiger partial charge in [-0.1, -0.05) is 20.8 Å². The third-order valence-electron chi connectivity index (χ3n) is 2.93. The lowest BCUT2D eigenvalue weighted by atomic mass is 10.2. The van der Waals surface area contributed by atoms with E-state index in [9.17, 15) is 0 Å². The molecule has 0 N–H and O–H groups in total. The highest BCUT2D eigenvalue weighted by atomic mass is 16.5. The quantitative estimate of drug-likeness (QED) is 0.835. The Hall–Kier alpha value is -1.49. The summed E-state index contributed by atoms with van der Waals surface area (Å²) < 4.78 is 7.29. The molecule has 0 aliphatic carbocycles. The van der Waals surface area contributed by atoms with E-state index >= 15 is 0 Å². The molecule has 5 heteroatoms. The van der Waals surface area contributed by atoms with Gasteiger partial charge in [0.2, 0.25) is 0 Å². The molecule has 1 aliphatic rings. The number of rotatable bonds is 3. The van der Waals surface area contributed by atoms with Gasteiger partial charge in [-0.25, -0.2) is 14.6 Å². The highest BCUT2D eigenvalue weighted by Gasteiger charge is 2.20. The molecular formula is C13H20N4O. The van der Waals surface area contributed by atoms with Crippen molar-refractivity contribution in [1.29, 1.82) is 0 Å². The summed E-state index contributed by atoms with van der Waals surface area (Å²) in [5.41, 5.74) is 2.73. The predicted octanol–water partition coefficient (Wildman–Crippen LogP) is 2.20. The Morgan fingerprint density at radius 3 is 2.78 bits per heavy atom. The van der Waals surface area contributed by atoms with Crippen LogP contribution < -0.4 is 0 Å². The Kier molecular flexibility index (Phi) is 4.25. The zero-order chi connectivity index (χ0) is 13.0. The third-order valence-corrected chi connectivity index (χ3v) is 2.93. The molecule has 0 spiro atoms. The largest absolute Gasteiger partial charge is 0.376 e. The van der Waals surface area contributed by atoms with Crippen LogP contribution in [-0.4, -0.2) is 32.5 Å². The van der Waals surface area contributed by atoms with Crippen LogP contribution in [0, 0.1) is 0 Å². The topological polar surface area (TPSA) is 52.8 Å². The molecular weight excluding hydrogens is 228 g/mol. The van der Waals surface area contributed by atoms with Gasteiger partial charge in [0.25, 0.3) is 0 Å². The number of fused-ring (bicyclic) bond motifs is 1. The molecule has 1 atom stereocenters. The average molecular weight is 248 g/mol. The van der Waals surface area contributed by atoms with E-state index in [0.29, 0.717) is 6.10 Å².